The molecule has 0 bridgehead atoms. The maximum Gasteiger partial charge on any atom is 0.0693 e. The maximum atomic E-state index is 10.5. The molecule has 3 nitrogen and oxygen atoms in total. The van der Waals surface area contributed by atoms with Gasteiger partial charge in [0.05, 0.1) is 12.7 Å². The molecule has 25 heavy (non-hydrogen) atoms. The highest BCUT2D eigenvalue weighted by atomic mass is 16.3. The van der Waals surface area contributed by atoms with E-state index in [9.17, 15) is 10.2 Å². The number of nitrogens with zero attached hydrogens (tertiary/aromatic N) is 1. The van der Waals surface area contributed by atoms with Gasteiger partial charge in [0.1, 0.15) is 0 Å². The molecular formula is C22H47NO2. The molecule has 0 saturated heterocycles. The van der Waals surface area contributed by atoms with Crippen LogP contribution in [-0.2, 0) is 0 Å². The highest BCUT2D eigenvalue weighted by Crippen LogP contribution is 2.27. The molecule has 0 amide bonds. The number of hydrogen-bond donors (Lipinski definition) is 2. The van der Waals surface area contributed by atoms with Crippen molar-refractivity contribution in [3.8, 4) is 0 Å². The molecule has 0 fully saturated rings. The van der Waals surface area contributed by atoms with Crippen LogP contribution in [-0.4, -0.2) is 46.5 Å². The fraction of sp³-hybridized carbons (Fsp3) is 1.00. The number of aliphatic hydroxyl groups is 2. The lowest BCUT2D eigenvalue weighted by atomic mass is 9.86. The number of unbranched alkanes of at least 4 members (excludes halogenated alkanes) is 10. The van der Waals surface area contributed by atoms with Crippen molar-refractivity contribution in [1.82, 2.24) is 4.90 Å². The first-order valence-corrected chi connectivity index (χ1v) is 11.1. The van der Waals surface area contributed by atoms with E-state index in [1.54, 1.807) is 0 Å². The Hall–Kier alpha value is -0.120. The quantitative estimate of drug-likeness (QED) is 0.317. The van der Waals surface area contributed by atoms with E-state index in [1.807, 2.05) is 6.92 Å². The molecule has 2 atom stereocenters. The van der Waals surface area contributed by atoms with Gasteiger partial charge in [0.15, 0.2) is 0 Å². The van der Waals surface area contributed by atoms with Crippen LogP contribution in [0.4, 0.5) is 0 Å². The highest BCUT2D eigenvalue weighted by molar-refractivity contribution is 4.91. The van der Waals surface area contributed by atoms with Crippen molar-refractivity contribution in [2.24, 2.45) is 0 Å². The fourth-order valence-corrected chi connectivity index (χ4v) is 3.72. The van der Waals surface area contributed by atoms with E-state index >= 15 is 0 Å². The van der Waals surface area contributed by atoms with Gasteiger partial charge in [0.25, 0.3) is 0 Å². The molecule has 0 saturated carbocycles. The van der Waals surface area contributed by atoms with Crippen LogP contribution in [0.15, 0.2) is 0 Å². The van der Waals surface area contributed by atoms with Gasteiger partial charge in [-0.3, -0.25) is 4.90 Å². The molecule has 0 aliphatic carbocycles. The molecule has 0 radical (unpaired) electrons. The summed E-state index contributed by atoms with van der Waals surface area (Å²) in [6.45, 7) is 10.4. The van der Waals surface area contributed by atoms with Gasteiger partial charge in [-0.25, -0.2) is 0 Å². The van der Waals surface area contributed by atoms with E-state index in [1.165, 1.54) is 77.0 Å². The summed E-state index contributed by atoms with van der Waals surface area (Å²) in [5.41, 5.74) is -0.211. The predicted octanol–water partition coefficient (Wildman–Crippen LogP) is 5.53. The summed E-state index contributed by atoms with van der Waals surface area (Å²) in [5.74, 6) is 0. The number of hydrogen-bond acceptors (Lipinski definition) is 3. The summed E-state index contributed by atoms with van der Waals surface area (Å²) in [4.78, 5) is 2.35. The number of β-amino-alcohol motifs (C(OH)–C–C–N with tert-alkyl or cyclic N) is 1. The van der Waals surface area contributed by atoms with Crippen molar-refractivity contribution in [1.29, 1.82) is 0 Å². The first kappa shape index (κ1) is 24.9. The van der Waals surface area contributed by atoms with E-state index in [0.717, 1.165) is 13.0 Å². The zero-order chi connectivity index (χ0) is 19.0. The lowest BCUT2D eigenvalue weighted by Crippen LogP contribution is -2.55. The normalized spacial score (nSPS) is 15.5. The fourth-order valence-electron chi connectivity index (χ4n) is 3.72. The zero-order valence-electron chi connectivity index (χ0n) is 17.7. The van der Waals surface area contributed by atoms with Crippen molar-refractivity contribution in [2.45, 2.75) is 123 Å². The summed E-state index contributed by atoms with van der Waals surface area (Å²) < 4.78 is 0. The highest BCUT2D eigenvalue weighted by Gasteiger charge is 2.35. The topological polar surface area (TPSA) is 43.7 Å². The first-order chi connectivity index (χ1) is 12.0. The monoisotopic (exact) mass is 357 g/mol. The molecule has 2 unspecified atom stereocenters. The average molecular weight is 358 g/mol. The number of aliphatic hydroxyl groups excluding tert-OH is 2. The van der Waals surface area contributed by atoms with Crippen LogP contribution < -0.4 is 0 Å². The summed E-state index contributed by atoms with van der Waals surface area (Å²) in [6, 6.07) is 0. The van der Waals surface area contributed by atoms with Crippen LogP contribution in [0.25, 0.3) is 0 Å². The molecular weight excluding hydrogens is 310 g/mol. The van der Waals surface area contributed by atoms with E-state index in [2.05, 4.69) is 25.7 Å². The Morgan fingerprint density at radius 1 is 0.760 bits per heavy atom. The molecule has 0 rings (SSSR count). The van der Waals surface area contributed by atoms with E-state index in [-0.39, 0.29) is 18.2 Å². The maximum absolute atomic E-state index is 10.5. The molecule has 3 heteroatoms. The van der Waals surface area contributed by atoms with E-state index in [0.29, 0.717) is 6.54 Å². The van der Waals surface area contributed by atoms with E-state index < -0.39 is 0 Å². The van der Waals surface area contributed by atoms with Crippen LogP contribution in [0.2, 0.25) is 0 Å². The second-order valence-electron chi connectivity index (χ2n) is 8.03. The molecule has 0 aliphatic heterocycles. The first-order valence-electron chi connectivity index (χ1n) is 11.1. The third kappa shape index (κ3) is 11.2. The van der Waals surface area contributed by atoms with Crippen molar-refractivity contribution in [3.05, 3.63) is 0 Å². The molecule has 152 valence electrons. The van der Waals surface area contributed by atoms with Crippen molar-refractivity contribution >= 4 is 0 Å². The van der Waals surface area contributed by atoms with Gasteiger partial charge in [0, 0.05) is 12.1 Å². The van der Waals surface area contributed by atoms with Crippen LogP contribution in [0, 0.1) is 0 Å². The predicted molar refractivity (Wildman–Crippen MR) is 110 cm³/mol. The zero-order valence-corrected chi connectivity index (χ0v) is 17.7. The summed E-state index contributed by atoms with van der Waals surface area (Å²) in [5, 5.41) is 20.0. The minimum absolute atomic E-state index is 0.175. The van der Waals surface area contributed by atoms with Gasteiger partial charge < -0.3 is 10.2 Å². The molecule has 0 aromatic heterocycles. The molecule has 0 aliphatic rings. The van der Waals surface area contributed by atoms with Gasteiger partial charge >= 0.3 is 0 Å². The molecule has 0 spiro atoms. The summed E-state index contributed by atoms with van der Waals surface area (Å²) >= 11 is 0. The summed E-state index contributed by atoms with van der Waals surface area (Å²) in [7, 11) is 0. The minimum atomic E-state index is -0.366. The third-order valence-corrected chi connectivity index (χ3v) is 5.81. The Morgan fingerprint density at radius 2 is 1.24 bits per heavy atom. The molecule has 0 aromatic carbocycles. The van der Waals surface area contributed by atoms with Crippen LogP contribution in [0.3, 0.4) is 0 Å². The molecule has 0 heterocycles. The van der Waals surface area contributed by atoms with Crippen molar-refractivity contribution in [2.75, 3.05) is 19.7 Å². The standard InChI is InChI=1S/C22H47NO2/c1-5-7-9-11-13-15-17-22(4,21(3)25)23(19-20-24)18-16-14-12-10-8-6-2/h21,24-25H,5-20H2,1-4H3. The lowest BCUT2D eigenvalue weighted by Gasteiger charge is -2.44. The summed E-state index contributed by atoms with van der Waals surface area (Å²) in [6.07, 6.45) is 16.0. The Kier molecular flexibility index (Phi) is 16.0. The number of rotatable bonds is 18. The smallest absolute Gasteiger partial charge is 0.0693 e. The molecule has 0 aromatic rings. The van der Waals surface area contributed by atoms with Crippen molar-refractivity contribution in [3.63, 3.8) is 0 Å². The van der Waals surface area contributed by atoms with Gasteiger partial charge in [-0.2, -0.15) is 0 Å². The van der Waals surface area contributed by atoms with E-state index in [4.69, 9.17) is 0 Å². The van der Waals surface area contributed by atoms with Gasteiger partial charge in [-0.1, -0.05) is 84.5 Å². The SMILES string of the molecule is CCCCCCCCN(CCO)C(C)(CCCCCCCC)C(C)O. The lowest BCUT2D eigenvalue weighted by molar-refractivity contribution is -0.0269. The Balaban J connectivity index is 4.38. The average Bonchev–Trinajstić information content (AvgIpc) is 2.59. The Morgan fingerprint density at radius 3 is 1.72 bits per heavy atom. The largest absolute Gasteiger partial charge is 0.395 e. The second kappa shape index (κ2) is 16.1. The van der Waals surface area contributed by atoms with Crippen LogP contribution in [0.5, 0.6) is 0 Å². The second-order valence-corrected chi connectivity index (χ2v) is 8.03. The minimum Gasteiger partial charge on any atom is -0.395 e. The van der Waals surface area contributed by atoms with Crippen LogP contribution >= 0.6 is 0 Å². The van der Waals surface area contributed by atoms with Crippen LogP contribution in [0.1, 0.15) is 111 Å². The van der Waals surface area contributed by atoms with Gasteiger partial charge in [-0.15, -0.1) is 0 Å². The Labute approximate surface area is 158 Å². The van der Waals surface area contributed by atoms with Crippen molar-refractivity contribution < 1.29 is 10.2 Å². The Bertz CT molecular complexity index is 283. The molecule has 2 N–H and O–H groups in total. The third-order valence-electron chi connectivity index (χ3n) is 5.81. The van der Waals surface area contributed by atoms with Gasteiger partial charge in [0.2, 0.25) is 0 Å². The van der Waals surface area contributed by atoms with Gasteiger partial charge in [-0.05, 0) is 33.2 Å².